The number of rotatable bonds is 9. The quantitative estimate of drug-likeness (QED) is 0.248. The van der Waals surface area contributed by atoms with Crippen molar-refractivity contribution in [3.8, 4) is 16.8 Å². The first-order valence-electron chi connectivity index (χ1n) is 13.7. The number of hydrogen-bond donors (Lipinski definition) is 2. The minimum absolute atomic E-state index is 0.0669. The van der Waals surface area contributed by atoms with Gasteiger partial charge in [0.15, 0.2) is 0 Å². The molecule has 2 amide bonds. The molecule has 0 unspecified atom stereocenters. The Morgan fingerprint density at radius 3 is 2.50 bits per heavy atom. The van der Waals surface area contributed by atoms with Crippen molar-refractivity contribution in [2.45, 2.75) is 19.3 Å². The summed E-state index contributed by atoms with van der Waals surface area (Å²) in [5.74, 6) is 0.0880. The Morgan fingerprint density at radius 1 is 0.833 bits per heavy atom. The molecule has 0 aliphatic rings. The number of carbonyl (C=O) groups excluding carboxylic acids is 2. The average Bonchev–Trinajstić information content (AvgIpc) is 3.72. The van der Waals surface area contributed by atoms with Crippen LogP contribution in [0.25, 0.3) is 27.7 Å². The second-order valence-electron chi connectivity index (χ2n) is 10.1. The van der Waals surface area contributed by atoms with Gasteiger partial charge in [0.25, 0.3) is 5.91 Å². The molecule has 3 heterocycles. The second kappa shape index (κ2) is 11.5. The number of amides is 2. The van der Waals surface area contributed by atoms with Crippen LogP contribution in [0.1, 0.15) is 28.9 Å². The van der Waals surface area contributed by atoms with Crippen LogP contribution < -0.4 is 10.6 Å². The number of nitrogens with one attached hydrogen (secondary N) is 2. The van der Waals surface area contributed by atoms with E-state index < -0.39 is 0 Å². The summed E-state index contributed by atoms with van der Waals surface area (Å²) >= 11 is 0. The minimum Gasteiger partial charge on any atom is -0.326 e. The van der Waals surface area contributed by atoms with Crippen LogP contribution in [0.15, 0.2) is 97.6 Å². The van der Waals surface area contributed by atoms with E-state index >= 15 is 0 Å². The number of aromatic nitrogens is 6. The maximum absolute atomic E-state index is 13.3. The predicted molar refractivity (Wildman–Crippen MR) is 162 cm³/mol. The molecule has 210 valence electrons. The molecular formula is C32H30N8O2. The highest BCUT2D eigenvalue weighted by molar-refractivity contribution is 6.04. The zero-order valence-corrected chi connectivity index (χ0v) is 23.4. The smallest absolute Gasteiger partial charge is 0.258 e. The minimum atomic E-state index is -0.264. The van der Waals surface area contributed by atoms with Gasteiger partial charge in [-0.15, -0.1) is 0 Å². The lowest BCUT2D eigenvalue weighted by Crippen LogP contribution is -2.15. The van der Waals surface area contributed by atoms with Gasteiger partial charge in [-0.25, -0.2) is 4.98 Å². The normalized spacial score (nSPS) is 11.1. The molecule has 6 aromatic rings. The standard InChI is InChI=1S/C32H30N8O2/c1-38-20-25(19-33-38)22-8-6-9-23(16-22)31(42)37-32-36-27(21-40(32)28-11-4-3-5-12-28)10-7-13-30(41)35-26-14-15-29-24(17-26)18-34-39(29)2/h3-6,8-9,11-12,14-21H,7,10,13H2,1-2H3,(H,35,41)(H,36,37,42). The summed E-state index contributed by atoms with van der Waals surface area (Å²) < 4.78 is 5.39. The Labute approximate surface area is 242 Å². The van der Waals surface area contributed by atoms with Crippen molar-refractivity contribution in [1.82, 2.24) is 29.1 Å². The van der Waals surface area contributed by atoms with Gasteiger partial charge in [-0.2, -0.15) is 10.2 Å². The largest absolute Gasteiger partial charge is 0.326 e. The van der Waals surface area contributed by atoms with E-state index in [1.54, 1.807) is 27.8 Å². The third-order valence-electron chi connectivity index (χ3n) is 7.05. The Kier molecular flexibility index (Phi) is 7.33. The number of anilines is 2. The van der Waals surface area contributed by atoms with Crippen LogP contribution in [0, 0.1) is 0 Å². The molecule has 3 aromatic heterocycles. The molecule has 0 aliphatic heterocycles. The van der Waals surface area contributed by atoms with E-state index in [1.165, 1.54) is 0 Å². The first kappa shape index (κ1) is 26.7. The van der Waals surface area contributed by atoms with Crippen LogP contribution in [-0.2, 0) is 25.3 Å². The number of para-hydroxylation sites is 1. The molecule has 2 N–H and O–H groups in total. The summed E-state index contributed by atoms with van der Waals surface area (Å²) in [6.45, 7) is 0. The van der Waals surface area contributed by atoms with Gasteiger partial charge in [-0.3, -0.25) is 28.8 Å². The number of fused-ring (bicyclic) bond motifs is 1. The van der Waals surface area contributed by atoms with Gasteiger partial charge in [0.1, 0.15) is 0 Å². The SMILES string of the molecule is Cn1cc(-c2cccc(C(=O)Nc3nc(CCCC(=O)Nc4ccc5c(cnn5C)c4)cn3-c3ccccc3)c2)cn1. The van der Waals surface area contributed by atoms with Crippen molar-refractivity contribution >= 4 is 34.4 Å². The fourth-order valence-electron chi connectivity index (χ4n) is 4.90. The van der Waals surface area contributed by atoms with Crippen LogP contribution in [0.3, 0.4) is 0 Å². The summed E-state index contributed by atoms with van der Waals surface area (Å²) in [7, 11) is 3.74. The lowest BCUT2D eigenvalue weighted by Gasteiger charge is -2.09. The first-order valence-corrected chi connectivity index (χ1v) is 13.7. The molecule has 0 atom stereocenters. The third-order valence-corrected chi connectivity index (χ3v) is 7.05. The van der Waals surface area contributed by atoms with Crippen molar-refractivity contribution < 1.29 is 9.59 Å². The van der Waals surface area contributed by atoms with Gasteiger partial charge in [0, 0.05) is 60.8 Å². The summed E-state index contributed by atoms with van der Waals surface area (Å²) in [5.41, 5.74) is 5.75. The summed E-state index contributed by atoms with van der Waals surface area (Å²) in [6, 6.07) is 22.9. The first-order chi connectivity index (χ1) is 20.4. The Balaban J connectivity index is 1.14. The molecule has 0 aliphatic carbocycles. The van der Waals surface area contributed by atoms with E-state index in [-0.39, 0.29) is 11.8 Å². The lowest BCUT2D eigenvalue weighted by atomic mass is 10.1. The number of hydrogen-bond acceptors (Lipinski definition) is 5. The molecule has 10 nitrogen and oxygen atoms in total. The molecule has 0 spiro atoms. The highest BCUT2D eigenvalue weighted by Gasteiger charge is 2.16. The maximum Gasteiger partial charge on any atom is 0.258 e. The molecule has 0 bridgehead atoms. The van der Waals surface area contributed by atoms with Gasteiger partial charge in [-0.05, 0) is 60.9 Å². The van der Waals surface area contributed by atoms with Gasteiger partial charge in [0.05, 0.1) is 23.6 Å². The van der Waals surface area contributed by atoms with Gasteiger partial charge < -0.3 is 5.32 Å². The zero-order chi connectivity index (χ0) is 29.1. The van der Waals surface area contributed by atoms with Crippen molar-refractivity contribution in [2.75, 3.05) is 10.6 Å². The van der Waals surface area contributed by atoms with E-state index in [4.69, 9.17) is 4.98 Å². The highest BCUT2D eigenvalue weighted by atomic mass is 16.2. The molecule has 3 aromatic carbocycles. The van der Waals surface area contributed by atoms with Crippen LogP contribution in [-0.4, -0.2) is 40.9 Å². The third kappa shape index (κ3) is 5.83. The molecule has 0 radical (unpaired) electrons. The topological polar surface area (TPSA) is 112 Å². The highest BCUT2D eigenvalue weighted by Crippen LogP contribution is 2.23. The van der Waals surface area contributed by atoms with Crippen molar-refractivity contribution in [2.24, 2.45) is 14.1 Å². The summed E-state index contributed by atoms with van der Waals surface area (Å²) in [4.78, 5) is 30.7. The van der Waals surface area contributed by atoms with Crippen molar-refractivity contribution in [3.63, 3.8) is 0 Å². The van der Waals surface area contributed by atoms with Crippen molar-refractivity contribution in [1.29, 1.82) is 0 Å². The number of aryl methyl sites for hydroxylation is 3. The van der Waals surface area contributed by atoms with Crippen LogP contribution >= 0.6 is 0 Å². The number of nitrogens with zero attached hydrogens (tertiary/aromatic N) is 6. The lowest BCUT2D eigenvalue weighted by molar-refractivity contribution is -0.116. The molecular weight excluding hydrogens is 528 g/mol. The van der Waals surface area contributed by atoms with Gasteiger partial charge in [0.2, 0.25) is 11.9 Å². The number of benzene rings is 3. The second-order valence-corrected chi connectivity index (χ2v) is 10.1. The van der Waals surface area contributed by atoms with Crippen LogP contribution in [0.2, 0.25) is 0 Å². The Bertz CT molecular complexity index is 1880. The fraction of sp³-hybridized carbons (Fsp3) is 0.156. The maximum atomic E-state index is 13.3. The molecule has 0 saturated carbocycles. The Hall–Kier alpha value is -5.51. The van der Waals surface area contributed by atoms with Gasteiger partial charge in [-0.1, -0.05) is 30.3 Å². The fourth-order valence-corrected chi connectivity index (χ4v) is 4.90. The monoisotopic (exact) mass is 558 g/mol. The van der Waals surface area contributed by atoms with E-state index in [0.29, 0.717) is 30.8 Å². The van der Waals surface area contributed by atoms with Crippen molar-refractivity contribution in [3.05, 3.63) is 109 Å². The molecule has 42 heavy (non-hydrogen) atoms. The number of imidazole rings is 1. The average molecular weight is 559 g/mol. The Morgan fingerprint density at radius 2 is 1.69 bits per heavy atom. The molecule has 6 rings (SSSR count). The predicted octanol–water partition coefficient (Wildman–Crippen LogP) is 5.37. The number of carbonyl (C=O) groups is 2. The van der Waals surface area contributed by atoms with E-state index in [0.717, 1.165) is 39.1 Å². The molecule has 10 heteroatoms. The molecule has 0 saturated heterocycles. The van der Waals surface area contributed by atoms with Gasteiger partial charge >= 0.3 is 0 Å². The van der Waals surface area contributed by atoms with E-state index in [9.17, 15) is 9.59 Å². The van der Waals surface area contributed by atoms with E-state index in [1.807, 2.05) is 97.8 Å². The van der Waals surface area contributed by atoms with E-state index in [2.05, 4.69) is 20.8 Å². The summed E-state index contributed by atoms with van der Waals surface area (Å²) in [6.07, 6.45) is 8.89. The van der Waals surface area contributed by atoms with Crippen LogP contribution in [0.5, 0.6) is 0 Å². The molecule has 0 fully saturated rings. The zero-order valence-electron chi connectivity index (χ0n) is 23.4. The van der Waals surface area contributed by atoms with Crippen LogP contribution in [0.4, 0.5) is 11.6 Å². The summed E-state index contributed by atoms with van der Waals surface area (Å²) in [5, 5.41) is 15.4.